The summed E-state index contributed by atoms with van der Waals surface area (Å²) in [6.45, 7) is 1.41. The maximum absolute atomic E-state index is 13.1. The third-order valence-electron chi connectivity index (χ3n) is 2.95. The summed E-state index contributed by atoms with van der Waals surface area (Å²) >= 11 is 0. The Labute approximate surface area is 119 Å². The lowest BCUT2D eigenvalue weighted by molar-refractivity contribution is -0.147. The smallest absolute Gasteiger partial charge is 0.399 e. The number of hydrogen-bond donors (Lipinski definition) is 1. The fourth-order valence-electron chi connectivity index (χ4n) is 2.27. The molecule has 0 fully saturated rings. The van der Waals surface area contributed by atoms with Crippen LogP contribution in [0.15, 0.2) is 18.2 Å². The number of aromatic nitrogens is 2. The lowest BCUT2D eigenvalue weighted by Crippen LogP contribution is -2.22. The van der Waals surface area contributed by atoms with Crippen molar-refractivity contribution in [2.24, 2.45) is 0 Å². The summed E-state index contributed by atoms with van der Waals surface area (Å²) in [7, 11) is -3.43. The van der Waals surface area contributed by atoms with Gasteiger partial charge in [0.25, 0.3) is 0 Å². The van der Waals surface area contributed by atoms with Crippen LogP contribution < -0.4 is 5.73 Å². The van der Waals surface area contributed by atoms with E-state index in [1.165, 1.54) is 25.1 Å². The number of benzene rings is 1. The second-order valence-corrected chi connectivity index (χ2v) is 7.18. The van der Waals surface area contributed by atoms with Crippen LogP contribution in [0.3, 0.4) is 0 Å². The predicted octanol–water partition coefficient (Wildman–Crippen LogP) is 2.24. The summed E-state index contributed by atoms with van der Waals surface area (Å²) in [6.07, 6.45) is -3.70. The van der Waals surface area contributed by atoms with Crippen molar-refractivity contribution in [2.75, 3.05) is 17.7 Å². The van der Waals surface area contributed by atoms with Crippen LogP contribution in [0, 0.1) is 0 Å². The highest BCUT2D eigenvalue weighted by Crippen LogP contribution is 2.34. The number of sulfone groups is 1. The van der Waals surface area contributed by atoms with Crippen LogP contribution in [0.2, 0.25) is 0 Å². The van der Waals surface area contributed by atoms with E-state index < -0.39 is 33.6 Å². The minimum absolute atomic E-state index is 0.0858. The highest BCUT2D eigenvalue weighted by molar-refractivity contribution is 7.90. The number of anilines is 1. The molecule has 2 aromatic rings. The molecule has 0 bridgehead atoms. The van der Waals surface area contributed by atoms with Gasteiger partial charge < -0.3 is 10.3 Å². The predicted molar refractivity (Wildman–Crippen MR) is 73.6 cm³/mol. The fourth-order valence-corrected chi connectivity index (χ4v) is 3.30. The number of nitrogens with zero attached hydrogens (tertiary/aromatic N) is 2. The Morgan fingerprint density at radius 3 is 2.52 bits per heavy atom. The summed E-state index contributed by atoms with van der Waals surface area (Å²) in [5.74, 6) is -1.54. The van der Waals surface area contributed by atoms with Crippen molar-refractivity contribution in [3.63, 3.8) is 0 Å². The summed E-state index contributed by atoms with van der Waals surface area (Å²) in [6, 6.07) is 3.29. The first-order valence-corrected chi connectivity index (χ1v) is 8.07. The molecule has 1 heterocycles. The zero-order valence-electron chi connectivity index (χ0n) is 11.3. The summed E-state index contributed by atoms with van der Waals surface area (Å²) < 4.78 is 63.0. The molecule has 0 amide bonds. The molecule has 5 nitrogen and oxygen atoms in total. The Morgan fingerprint density at radius 2 is 2.00 bits per heavy atom. The van der Waals surface area contributed by atoms with Crippen LogP contribution in [0.1, 0.15) is 18.8 Å². The molecule has 1 aromatic carbocycles. The zero-order chi connectivity index (χ0) is 16.0. The Balaban J connectivity index is 2.69. The summed E-state index contributed by atoms with van der Waals surface area (Å²) in [5, 5.41) is 0. The Bertz CT molecular complexity index is 781. The molecule has 1 unspecified atom stereocenters. The zero-order valence-corrected chi connectivity index (χ0v) is 12.2. The van der Waals surface area contributed by atoms with Crippen LogP contribution in [-0.2, 0) is 16.0 Å². The van der Waals surface area contributed by atoms with Crippen molar-refractivity contribution in [3.05, 3.63) is 24.0 Å². The van der Waals surface area contributed by atoms with E-state index in [0.29, 0.717) is 0 Å². The molecule has 1 aromatic heterocycles. The van der Waals surface area contributed by atoms with E-state index in [9.17, 15) is 21.6 Å². The van der Waals surface area contributed by atoms with Gasteiger partial charge in [0.05, 0.1) is 16.8 Å². The monoisotopic (exact) mass is 321 g/mol. The lowest BCUT2D eigenvalue weighted by Gasteiger charge is -2.18. The van der Waals surface area contributed by atoms with Crippen molar-refractivity contribution in [1.82, 2.24) is 9.55 Å². The molecule has 21 heavy (non-hydrogen) atoms. The molecule has 0 spiro atoms. The number of rotatable bonds is 3. The molecule has 0 radical (unpaired) electrons. The first kappa shape index (κ1) is 15.6. The molecule has 0 aliphatic rings. The van der Waals surface area contributed by atoms with Gasteiger partial charge in [-0.25, -0.2) is 13.4 Å². The van der Waals surface area contributed by atoms with E-state index in [2.05, 4.69) is 4.98 Å². The minimum atomic E-state index is -4.68. The first-order valence-electron chi connectivity index (χ1n) is 6.01. The van der Waals surface area contributed by atoms with Crippen LogP contribution >= 0.6 is 0 Å². The van der Waals surface area contributed by atoms with E-state index in [0.717, 1.165) is 10.8 Å². The third kappa shape index (κ3) is 3.29. The van der Waals surface area contributed by atoms with Gasteiger partial charge in [-0.3, -0.25) is 0 Å². The fraction of sp³-hybridized carbons (Fsp3) is 0.417. The van der Waals surface area contributed by atoms with Gasteiger partial charge in [-0.15, -0.1) is 0 Å². The Hall–Kier alpha value is -1.77. The average molecular weight is 321 g/mol. The first-order chi connectivity index (χ1) is 9.49. The quantitative estimate of drug-likeness (QED) is 0.880. The number of hydrogen-bond acceptors (Lipinski definition) is 4. The van der Waals surface area contributed by atoms with Gasteiger partial charge in [0.2, 0.25) is 5.82 Å². The van der Waals surface area contributed by atoms with Crippen molar-refractivity contribution >= 4 is 26.6 Å². The van der Waals surface area contributed by atoms with Crippen molar-refractivity contribution in [1.29, 1.82) is 0 Å². The molecule has 2 rings (SSSR count). The number of halogens is 3. The van der Waals surface area contributed by atoms with Gasteiger partial charge in [-0.1, -0.05) is 0 Å². The van der Waals surface area contributed by atoms with Gasteiger partial charge in [-0.2, -0.15) is 13.2 Å². The highest BCUT2D eigenvalue weighted by Gasteiger charge is 2.39. The molecule has 0 aliphatic heterocycles. The van der Waals surface area contributed by atoms with Crippen LogP contribution in [0.4, 0.5) is 18.9 Å². The second-order valence-electron chi connectivity index (χ2n) is 4.99. The van der Waals surface area contributed by atoms with E-state index in [4.69, 9.17) is 5.73 Å². The maximum atomic E-state index is 13.1. The summed E-state index contributed by atoms with van der Waals surface area (Å²) in [5.41, 5.74) is 6.12. The Morgan fingerprint density at radius 1 is 1.38 bits per heavy atom. The summed E-state index contributed by atoms with van der Waals surface area (Å²) in [4.78, 5) is 3.56. The topological polar surface area (TPSA) is 78.0 Å². The molecule has 0 saturated heterocycles. The van der Waals surface area contributed by atoms with E-state index in [-0.39, 0.29) is 16.7 Å². The SMILES string of the molecule is CC(CS(C)(=O)=O)n1c(C(F)(F)F)nc2cc(N)ccc21. The van der Waals surface area contributed by atoms with E-state index in [1.54, 1.807) is 0 Å². The number of nitrogen functional groups attached to an aromatic ring is 1. The van der Waals surface area contributed by atoms with Crippen molar-refractivity contribution in [3.8, 4) is 0 Å². The minimum Gasteiger partial charge on any atom is -0.399 e. The molecule has 2 N–H and O–H groups in total. The third-order valence-corrected chi connectivity index (χ3v) is 4.04. The molecule has 1 atom stereocenters. The van der Waals surface area contributed by atoms with Gasteiger partial charge in [0.15, 0.2) is 0 Å². The normalized spacial score (nSPS) is 14.5. The van der Waals surface area contributed by atoms with Gasteiger partial charge in [0.1, 0.15) is 9.84 Å². The number of alkyl halides is 3. The van der Waals surface area contributed by atoms with Crippen LogP contribution in [0.25, 0.3) is 11.0 Å². The van der Waals surface area contributed by atoms with E-state index in [1.807, 2.05) is 0 Å². The Kier molecular flexibility index (Phi) is 3.64. The molecule has 116 valence electrons. The van der Waals surface area contributed by atoms with Gasteiger partial charge in [-0.05, 0) is 25.1 Å². The molecular formula is C12H14F3N3O2S. The van der Waals surface area contributed by atoms with Crippen molar-refractivity contribution in [2.45, 2.75) is 19.1 Å². The maximum Gasteiger partial charge on any atom is 0.449 e. The largest absolute Gasteiger partial charge is 0.449 e. The van der Waals surface area contributed by atoms with Crippen molar-refractivity contribution < 1.29 is 21.6 Å². The molecular weight excluding hydrogens is 307 g/mol. The molecule has 0 aliphatic carbocycles. The van der Waals surface area contributed by atoms with E-state index >= 15 is 0 Å². The highest BCUT2D eigenvalue weighted by atomic mass is 32.2. The lowest BCUT2D eigenvalue weighted by atomic mass is 10.2. The van der Waals surface area contributed by atoms with Crippen LogP contribution in [-0.4, -0.2) is 30.0 Å². The number of nitrogens with two attached hydrogens (primary N) is 1. The number of fused-ring (bicyclic) bond motifs is 1. The number of imidazole rings is 1. The van der Waals surface area contributed by atoms with Crippen LogP contribution in [0.5, 0.6) is 0 Å². The molecule has 9 heteroatoms. The second kappa shape index (κ2) is 4.90. The molecule has 0 saturated carbocycles. The van der Waals surface area contributed by atoms with Gasteiger partial charge >= 0.3 is 6.18 Å². The van der Waals surface area contributed by atoms with Gasteiger partial charge in [0, 0.05) is 18.0 Å². The standard InChI is InChI=1S/C12H14F3N3O2S/c1-7(6-21(2,19)20)18-10-4-3-8(16)5-9(10)17-11(18)12(13,14)15/h3-5,7H,6,16H2,1-2H3. The average Bonchev–Trinajstić information content (AvgIpc) is 2.64.